The standard InChI is InChI=1S/C37H15N7O13/c45-34-19-6-10-24(41(49)50)31-25(42(51)52)11-7-20(29(19)31)35(46)39(34)17-3-1-16(2-4-17)33-38-23-15-18(5-14-28(23)57-33)40-36(47)21-8-12-26(43(53)54)32-27(44(55)56)13-9-22(30(21)32)37(40)48/h1-15H. The predicted molar refractivity (Wildman–Crippen MR) is 196 cm³/mol. The minimum Gasteiger partial charge on any atom is -0.436 e. The highest BCUT2D eigenvalue weighted by Gasteiger charge is 2.40. The number of rotatable bonds is 7. The lowest BCUT2D eigenvalue weighted by Crippen LogP contribution is -2.40. The second kappa shape index (κ2) is 11.8. The first kappa shape index (κ1) is 34.0. The Labute approximate surface area is 313 Å². The number of nitrogens with zero attached hydrogens (tertiary/aromatic N) is 7. The van der Waals surface area contributed by atoms with Crippen LogP contribution in [-0.4, -0.2) is 48.3 Å². The summed E-state index contributed by atoms with van der Waals surface area (Å²) in [5, 5.41) is 45.7. The van der Waals surface area contributed by atoms with Crippen molar-refractivity contribution >= 4 is 90.4 Å². The number of benzene rings is 6. The number of carbonyl (C=O) groups excluding carboxylic acids is 4. The molecule has 0 saturated heterocycles. The van der Waals surface area contributed by atoms with Gasteiger partial charge in [0.1, 0.15) is 16.3 Å². The molecule has 0 aliphatic carbocycles. The summed E-state index contributed by atoms with van der Waals surface area (Å²) in [6.07, 6.45) is 0. The molecule has 20 nitrogen and oxygen atoms in total. The van der Waals surface area contributed by atoms with Gasteiger partial charge < -0.3 is 4.42 Å². The molecule has 6 aromatic carbocycles. The second-order valence-electron chi connectivity index (χ2n) is 12.7. The Morgan fingerprint density at radius 1 is 0.456 bits per heavy atom. The van der Waals surface area contributed by atoms with Crippen LogP contribution in [0.2, 0.25) is 0 Å². The summed E-state index contributed by atoms with van der Waals surface area (Å²) in [6, 6.07) is 18.5. The number of carbonyl (C=O) groups is 4. The molecule has 7 aromatic rings. The largest absolute Gasteiger partial charge is 0.436 e. The van der Waals surface area contributed by atoms with Crippen molar-refractivity contribution in [3.05, 3.63) is 154 Å². The van der Waals surface area contributed by atoms with Crippen LogP contribution in [0.5, 0.6) is 0 Å². The van der Waals surface area contributed by atoms with Crippen LogP contribution >= 0.6 is 0 Å². The van der Waals surface area contributed by atoms with Gasteiger partial charge in [-0.3, -0.25) is 59.6 Å². The van der Waals surface area contributed by atoms with E-state index < -0.39 is 76.8 Å². The molecular weight excluding hydrogens is 750 g/mol. The van der Waals surface area contributed by atoms with Crippen LogP contribution in [0.1, 0.15) is 41.4 Å². The monoisotopic (exact) mass is 765 g/mol. The summed E-state index contributed by atoms with van der Waals surface area (Å²) < 4.78 is 5.91. The molecule has 57 heavy (non-hydrogen) atoms. The molecule has 20 heteroatoms. The third-order valence-electron chi connectivity index (χ3n) is 9.76. The average molecular weight is 766 g/mol. The van der Waals surface area contributed by atoms with Gasteiger partial charge in [0.15, 0.2) is 5.58 Å². The lowest BCUT2D eigenvalue weighted by atomic mass is 9.91. The first-order valence-electron chi connectivity index (χ1n) is 16.3. The second-order valence-corrected chi connectivity index (χ2v) is 12.7. The van der Waals surface area contributed by atoms with Gasteiger partial charge in [-0.05, 0) is 66.7 Å². The number of nitro benzene ring substituents is 4. The van der Waals surface area contributed by atoms with Gasteiger partial charge in [-0.15, -0.1) is 0 Å². The molecule has 0 spiro atoms. The number of non-ortho nitro benzene ring substituents is 4. The quantitative estimate of drug-likeness (QED) is 0.0894. The highest BCUT2D eigenvalue weighted by atomic mass is 16.6. The molecule has 4 amide bonds. The minimum absolute atomic E-state index is 0.0521. The Kier molecular flexibility index (Phi) is 7.06. The molecule has 0 unspecified atom stereocenters. The summed E-state index contributed by atoms with van der Waals surface area (Å²) in [5.74, 6) is -3.45. The number of hydrogen-bond acceptors (Lipinski definition) is 14. The van der Waals surface area contributed by atoms with Crippen molar-refractivity contribution in [1.29, 1.82) is 0 Å². The van der Waals surface area contributed by atoms with Gasteiger partial charge in [0.05, 0.1) is 31.1 Å². The molecule has 0 N–H and O–H groups in total. The topological polar surface area (TPSA) is 273 Å². The lowest BCUT2D eigenvalue weighted by molar-refractivity contribution is -0.390. The van der Waals surface area contributed by atoms with Crippen molar-refractivity contribution in [2.75, 3.05) is 9.80 Å². The Morgan fingerprint density at radius 2 is 0.825 bits per heavy atom. The third kappa shape index (κ3) is 4.77. The zero-order valence-corrected chi connectivity index (χ0v) is 28.1. The summed E-state index contributed by atoms with van der Waals surface area (Å²) in [6.45, 7) is 0. The Balaban J connectivity index is 1.04. The number of aromatic nitrogens is 1. The molecule has 0 radical (unpaired) electrons. The van der Waals surface area contributed by atoms with E-state index in [1.165, 1.54) is 42.5 Å². The van der Waals surface area contributed by atoms with Crippen molar-refractivity contribution < 1.29 is 43.3 Å². The van der Waals surface area contributed by atoms with Gasteiger partial charge in [-0.2, -0.15) is 0 Å². The van der Waals surface area contributed by atoms with Crippen LogP contribution in [-0.2, 0) is 0 Å². The van der Waals surface area contributed by atoms with Crippen molar-refractivity contribution in [2.24, 2.45) is 0 Å². The van der Waals surface area contributed by atoms with E-state index in [1.54, 1.807) is 0 Å². The van der Waals surface area contributed by atoms with Crippen molar-refractivity contribution in [2.45, 2.75) is 0 Å². The smallest absolute Gasteiger partial charge is 0.284 e. The molecule has 0 bridgehead atoms. The van der Waals surface area contributed by atoms with E-state index in [4.69, 9.17) is 4.42 Å². The summed E-state index contributed by atoms with van der Waals surface area (Å²) >= 11 is 0. The zero-order valence-electron chi connectivity index (χ0n) is 28.1. The van der Waals surface area contributed by atoms with Gasteiger partial charge in [-0.25, -0.2) is 14.8 Å². The van der Waals surface area contributed by atoms with Crippen LogP contribution in [0, 0.1) is 40.5 Å². The maximum Gasteiger partial charge on any atom is 0.284 e. The van der Waals surface area contributed by atoms with Gasteiger partial charge in [0, 0.05) is 62.9 Å². The van der Waals surface area contributed by atoms with Crippen molar-refractivity contribution in [1.82, 2.24) is 4.98 Å². The van der Waals surface area contributed by atoms with Gasteiger partial charge >= 0.3 is 0 Å². The van der Waals surface area contributed by atoms with E-state index in [-0.39, 0.29) is 61.4 Å². The minimum atomic E-state index is -0.885. The fraction of sp³-hybridized carbons (Fsp3) is 0. The van der Waals surface area contributed by atoms with Gasteiger partial charge in [0.25, 0.3) is 46.4 Å². The molecule has 3 heterocycles. The molecule has 0 saturated carbocycles. The molecule has 2 aliphatic rings. The van der Waals surface area contributed by atoms with Gasteiger partial charge in [0.2, 0.25) is 5.89 Å². The maximum atomic E-state index is 13.8. The molecule has 9 rings (SSSR count). The number of hydrogen-bond donors (Lipinski definition) is 0. The molecular formula is C37H15N7O13. The predicted octanol–water partition coefficient (Wildman–Crippen LogP) is 7.04. The third-order valence-corrected chi connectivity index (χ3v) is 9.76. The van der Waals surface area contributed by atoms with Crippen molar-refractivity contribution in [3.63, 3.8) is 0 Å². The van der Waals surface area contributed by atoms with Gasteiger partial charge in [-0.1, -0.05) is 0 Å². The maximum absolute atomic E-state index is 13.8. The Bertz CT molecular complexity index is 3000. The fourth-order valence-electron chi connectivity index (χ4n) is 7.31. The first-order chi connectivity index (χ1) is 27.3. The van der Waals surface area contributed by atoms with Crippen LogP contribution in [0.25, 0.3) is 44.1 Å². The van der Waals surface area contributed by atoms with Crippen LogP contribution < -0.4 is 9.80 Å². The Hall–Kier alpha value is -8.81. The molecule has 0 atom stereocenters. The van der Waals surface area contributed by atoms with E-state index in [2.05, 4.69) is 4.98 Å². The SMILES string of the molecule is O=C1c2ccc([N+](=O)[O-])c3c([N+](=O)[O-])ccc(c23)C(=O)N1c1ccc(-c2nc3cc(N4C(=O)c5ccc([N+](=O)[O-])c6c([N+](=O)[O-])ccc(c56)C4=O)ccc3o2)cc1. The van der Waals surface area contributed by atoms with Crippen LogP contribution in [0.3, 0.4) is 0 Å². The van der Waals surface area contributed by atoms with E-state index in [9.17, 15) is 59.6 Å². The average Bonchev–Trinajstić information content (AvgIpc) is 3.62. The summed E-state index contributed by atoms with van der Waals surface area (Å²) in [4.78, 5) is 105. The highest BCUT2D eigenvalue weighted by molar-refractivity contribution is 6.38. The number of oxazole rings is 1. The van der Waals surface area contributed by atoms with E-state index in [0.29, 0.717) is 5.56 Å². The van der Waals surface area contributed by atoms with E-state index in [0.717, 1.165) is 58.3 Å². The number of imide groups is 2. The van der Waals surface area contributed by atoms with Crippen LogP contribution in [0.15, 0.2) is 95.4 Å². The summed E-state index contributed by atoms with van der Waals surface area (Å²) in [5.41, 5.74) is -2.23. The number of nitro groups is 4. The van der Waals surface area contributed by atoms with E-state index in [1.807, 2.05) is 0 Å². The number of anilines is 2. The fourth-order valence-corrected chi connectivity index (χ4v) is 7.31. The first-order valence-corrected chi connectivity index (χ1v) is 16.3. The molecule has 276 valence electrons. The lowest BCUT2D eigenvalue weighted by Gasteiger charge is -2.27. The van der Waals surface area contributed by atoms with Crippen molar-refractivity contribution in [3.8, 4) is 11.5 Å². The summed E-state index contributed by atoms with van der Waals surface area (Å²) in [7, 11) is 0. The number of fused-ring (bicyclic) bond motifs is 1. The van der Waals surface area contributed by atoms with Crippen LogP contribution in [0.4, 0.5) is 34.1 Å². The highest BCUT2D eigenvalue weighted by Crippen LogP contribution is 2.44. The normalized spacial score (nSPS) is 13.5. The molecule has 0 fully saturated rings. The number of amides is 4. The molecule has 1 aromatic heterocycles. The Morgan fingerprint density at radius 3 is 1.21 bits per heavy atom. The molecule has 2 aliphatic heterocycles. The zero-order chi connectivity index (χ0) is 40.2. The van der Waals surface area contributed by atoms with E-state index >= 15 is 0 Å².